The molecule has 0 aliphatic heterocycles. The normalized spacial score (nSPS) is 19.6. The number of ether oxygens (including phenoxy) is 1. The van der Waals surface area contributed by atoms with Gasteiger partial charge in [0.2, 0.25) is 5.91 Å². The second-order valence-electron chi connectivity index (χ2n) is 6.41. The molecule has 1 aliphatic rings. The molecule has 1 fully saturated rings. The number of rotatable bonds is 6. The highest BCUT2D eigenvalue weighted by Gasteiger charge is 2.25. The highest BCUT2D eigenvalue weighted by Crippen LogP contribution is 2.29. The van der Waals surface area contributed by atoms with Gasteiger partial charge in [0.15, 0.2) is 0 Å². The van der Waals surface area contributed by atoms with Crippen molar-refractivity contribution in [1.82, 2.24) is 4.90 Å². The van der Waals surface area contributed by atoms with Crippen molar-refractivity contribution in [3.8, 4) is 5.75 Å². The minimum absolute atomic E-state index is 0. The van der Waals surface area contributed by atoms with Crippen LogP contribution in [0.4, 0.5) is 5.69 Å². The Kier molecular flexibility index (Phi) is 11.5. The van der Waals surface area contributed by atoms with Crippen molar-refractivity contribution in [2.75, 3.05) is 32.6 Å². The van der Waals surface area contributed by atoms with Gasteiger partial charge < -0.3 is 20.7 Å². The Morgan fingerprint density at radius 1 is 1.36 bits per heavy atom. The van der Waals surface area contributed by atoms with Crippen molar-refractivity contribution in [3.05, 3.63) is 23.2 Å². The number of anilines is 1. The first kappa shape index (κ1) is 24.3. The Morgan fingerprint density at radius 2 is 2.08 bits per heavy atom. The molecular weight excluding hydrogens is 385 g/mol. The van der Waals surface area contributed by atoms with Crippen LogP contribution >= 0.6 is 36.4 Å². The Balaban J connectivity index is 0.00000288. The van der Waals surface area contributed by atoms with E-state index in [0.29, 0.717) is 23.1 Å². The van der Waals surface area contributed by atoms with E-state index in [4.69, 9.17) is 22.1 Å². The highest BCUT2D eigenvalue weighted by molar-refractivity contribution is 6.32. The fraction of sp³-hybridized carbons (Fsp3) is 0.588. The highest BCUT2D eigenvalue weighted by atomic mass is 35.5. The van der Waals surface area contributed by atoms with Crippen LogP contribution in [0.1, 0.15) is 25.7 Å². The molecule has 0 saturated heterocycles. The average Bonchev–Trinajstić information content (AvgIpc) is 2.49. The molecule has 1 aliphatic carbocycles. The Morgan fingerprint density at radius 3 is 2.68 bits per heavy atom. The predicted octanol–water partition coefficient (Wildman–Crippen LogP) is 3.58. The number of halogens is 3. The molecule has 2 unspecified atom stereocenters. The number of likely N-dealkylation sites (N-methyl/N-ethyl adjacent to an activating group) is 1. The maximum Gasteiger partial charge on any atom is 0.227 e. The first-order chi connectivity index (χ1) is 11.0. The van der Waals surface area contributed by atoms with Crippen LogP contribution in [-0.4, -0.2) is 44.1 Å². The monoisotopic (exact) mass is 411 g/mol. The topological polar surface area (TPSA) is 67.6 Å². The second-order valence-corrected chi connectivity index (χ2v) is 6.82. The Bertz CT molecular complexity index is 544. The van der Waals surface area contributed by atoms with E-state index in [-0.39, 0.29) is 42.7 Å². The van der Waals surface area contributed by atoms with Crippen LogP contribution in [-0.2, 0) is 4.79 Å². The predicted molar refractivity (Wildman–Crippen MR) is 109 cm³/mol. The summed E-state index contributed by atoms with van der Waals surface area (Å²) in [5, 5.41) is 3.43. The zero-order valence-electron chi connectivity index (χ0n) is 14.7. The number of nitrogens with one attached hydrogen (secondary N) is 1. The van der Waals surface area contributed by atoms with Crippen LogP contribution in [0, 0.1) is 5.92 Å². The van der Waals surface area contributed by atoms with Gasteiger partial charge in [-0.25, -0.2) is 0 Å². The SMILES string of the molecule is CN(C)CCOc1ccc(NC(=O)C2CCCC(N)C2)cc1Cl.Cl.Cl. The van der Waals surface area contributed by atoms with Crippen molar-refractivity contribution in [1.29, 1.82) is 0 Å². The third-order valence-electron chi connectivity index (χ3n) is 4.08. The number of carbonyl (C=O) groups is 1. The molecule has 1 amide bonds. The van der Waals surface area contributed by atoms with Gasteiger partial charge >= 0.3 is 0 Å². The molecular formula is C17H28Cl3N3O2. The first-order valence-electron chi connectivity index (χ1n) is 8.09. The molecule has 0 bridgehead atoms. The summed E-state index contributed by atoms with van der Waals surface area (Å²) in [4.78, 5) is 14.3. The van der Waals surface area contributed by atoms with Crippen LogP contribution in [0.5, 0.6) is 5.75 Å². The van der Waals surface area contributed by atoms with Gasteiger partial charge in [0.25, 0.3) is 0 Å². The van der Waals surface area contributed by atoms with E-state index >= 15 is 0 Å². The Hall–Kier alpha value is -0.720. The summed E-state index contributed by atoms with van der Waals surface area (Å²) in [7, 11) is 3.97. The first-order valence-corrected chi connectivity index (χ1v) is 8.47. The minimum Gasteiger partial charge on any atom is -0.491 e. The third kappa shape index (κ3) is 8.01. The largest absolute Gasteiger partial charge is 0.491 e. The van der Waals surface area contributed by atoms with Crippen LogP contribution in [0.25, 0.3) is 0 Å². The summed E-state index contributed by atoms with van der Waals surface area (Å²) in [6, 6.07) is 5.47. The van der Waals surface area contributed by atoms with Gasteiger partial charge in [-0.3, -0.25) is 4.79 Å². The van der Waals surface area contributed by atoms with Gasteiger partial charge in [-0.05, 0) is 51.6 Å². The third-order valence-corrected chi connectivity index (χ3v) is 4.38. The molecule has 2 rings (SSSR count). The Labute approximate surface area is 167 Å². The van der Waals surface area contributed by atoms with Crippen molar-refractivity contribution in [2.24, 2.45) is 11.7 Å². The number of nitrogens with zero attached hydrogens (tertiary/aromatic N) is 1. The molecule has 0 aromatic heterocycles. The number of benzene rings is 1. The minimum atomic E-state index is -0.00598. The number of carbonyl (C=O) groups excluding carboxylic acids is 1. The van der Waals surface area contributed by atoms with Crippen molar-refractivity contribution >= 4 is 48.0 Å². The van der Waals surface area contributed by atoms with Crippen LogP contribution in [0.3, 0.4) is 0 Å². The van der Waals surface area contributed by atoms with E-state index in [2.05, 4.69) is 5.32 Å². The maximum absolute atomic E-state index is 12.3. The standard InChI is InChI=1S/C17H26ClN3O2.2ClH/c1-21(2)8-9-23-16-7-6-14(11-15(16)18)20-17(22)12-4-3-5-13(19)10-12;;/h6-7,11-13H,3-5,8-10,19H2,1-2H3,(H,20,22);2*1H. The summed E-state index contributed by atoms with van der Waals surface area (Å²) >= 11 is 6.23. The lowest BCUT2D eigenvalue weighted by atomic mass is 9.85. The van der Waals surface area contributed by atoms with Crippen LogP contribution in [0.2, 0.25) is 5.02 Å². The maximum atomic E-state index is 12.3. The van der Waals surface area contributed by atoms with Crippen molar-refractivity contribution < 1.29 is 9.53 Å². The average molecular weight is 413 g/mol. The smallest absolute Gasteiger partial charge is 0.227 e. The molecule has 3 N–H and O–H groups in total. The quantitative estimate of drug-likeness (QED) is 0.749. The molecule has 1 saturated carbocycles. The summed E-state index contributed by atoms with van der Waals surface area (Å²) in [5.41, 5.74) is 6.64. The number of amides is 1. The molecule has 1 aromatic rings. The van der Waals surface area contributed by atoms with Crippen LogP contribution in [0.15, 0.2) is 18.2 Å². The van der Waals surface area contributed by atoms with Crippen molar-refractivity contribution in [2.45, 2.75) is 31.7 Å². The summed E-state index contributed by atoms with van der Waals surface area (Å²) in [6.07, 6.45) is 3.68. The van der Waals surface area contributed by atoms with E-state index in [1.807, 2.05) is 25.1 Å². The molecule has 8 heteroatoms. The fourth-order valence-corrected chi connectivity index (χ4v) is 2.98. The van der Waals surface area contributed by atoms with E-state index < -0.39 is 0 Å². The lowest BCUT2D eigenvalue weighted by Crippen LogP contribution is -2.34. The molecule has 144 valence electrons. The summed E-state index contributed by atoms with van der Waals surface area (Å²) in [6.45, 7) is 1.38. The molecule has 0 radical (unpaired) electrons. The zero-order valence-corrected chi connectivity index (χ0v) is 17.1. The van der Waals surface area contributed by atoms with E-state index in [1.54, 1.807) is 12.1 Å². The lowest BCUT2D eigenvalue weighted by Gasteiger charge is -2.25. The summed E-state index contributed by atoms with van der Waals surface area (Å²) < 4.78 is 5.64. The number of hydrogen-bond acceptors (Lipinski definition) is 4. The molecule has 1 aromatic carbocycles. The fourth-order valence-electron chi connectivity index (χ4n) is 2.74. The van der Waals surface area contributed by atoms with Gasteiger partial charge in [0.05, 0.1) is 5.02 Å². The number of hydrogen-bond donors (Lipinski definition) is 2. The van der Waals surface area contributed by atoms with Crippen molar-refractivity contribution in [3.63, 3.8) is 0 Å². The molecule has 25 heavy (non-hydrogen) atoms. The second kappa shape index (κ2) is 11.8. The van der Waals surface area contributed by atoms with Gasteiger partial charge in [-0.15, -0.1) is 24.8 Å². The van der Waals surface area contributed by atoms with Gasteiger partial charge in [0, 0.05) is 24.2 Å². The molecule has 0 spiro atoms. The summed E-state index contributed by atoms with van der Waals surface area (Å²) in [5.74, 6) is 0.650. The molecule has 0 heterocycles. The zero-order chi connectivity index (χ0) is 16.8. The van der Waals surface area contributed by atoms with Gasteiger partial charge in [0.1, 0.15) is 12.4 Å². The van der Waals surface area contributed by atoms with E-state index in [1.165, 1.54) is 0 Å². The van der Waals surface area contributed by atoms with E-state index in [0.717, 1.165) is 32.2 Å². The molecule has 5 nitrogen and oxygen atoms in total. The van der Waals surface area contributed by atoms with E-state index in [9.17, 15) is 4.79 Å². The number of nitrogens with two attached hydrogens (primary N) is 1. The molecule has 2 atom stereocenters. The van der Waals surface area contributed by atoms with Crippen LogP contribution < -0.4 is 15.8 Å². The van der Waals surface area contributed by atoms with Gasteiger partial charge in [-0.2, -0.15) is 0 Å². The van der Waals surface area contributed by atoms with Gasteiger partial charge in [-0.1, -0.05) is 18.0 Å². The lowest BCUT2D eigenvalue weighted by molar-refractivity contribution is -0.120.